The molecule has 0 fully saturated rings. The van der Waals surface area contributed by atoms with Crippen molar-refractivity contribution in [2.24, 2.45) is 5.41 Å². The normalized spacial score (nSPS) is 11.1. The first-order valence-electron chi connectivity index (χ1n) is 7.43. The van der Waals surface area contributed by atoms with E-state index in [9.17, 15) is 14.4 Å². The number of rotatable bonds is 12. The van der Waals surface area contributed by atoms with Crippen molar-refractivity contribution in [1.29, 1.82) is 0 Å². The molecule has 0 aromatic heterocycles. The Labute approximate surface area is 193 Å². The smallest absolute Gasteiger partial charge is 0.330 e. The largest absolute Gasteiger partial charge is 0.462 e. The summed E-state index contributed by atoms with van der Waals surface area (Å²) in [5.41, 5.74) is -0.503. The average molecular weight is 642 g/mol. The molecular weight excluding hydrogens is 620 g/mol. The molecule has 0 aliphatic carbocycles. The molecule has 0 aliphatic rings. The van der Waals surface area contributed by atoms with Gasteiger partial charge >= 0.3 is 17.9 Å². The molecule has 0 heterocycles. The highest BCUT2D eigenvalue weighted by molar-refractivity contribution is 9.12. The average Bonchev–Trinajstić information content (AvgIpc) is 2.71. The summed E-state index contributed by atoms with van der Waals surface area (Å²) in [6.45, 7) is 10.5. The minimum absolute atomic E-state index is 0.124. The van der Waals surface area contributed by atoms with Crippen molar-refractivity contribution in [2.75, 3.05) is 35.8 Å². The van der Waals surface area contributed by atoms with E-state index in [0.717, 1.165) is 23.6 Å². The van der Waals surface area contributed by atoms with Crippen molar-refractivity contribution in [2.45, 2.75) is 4.83 Å². The highest BCUT2D eigenvalue weighted by atomic mass is 79.9. The lowest BCUT2D eigenvalue weighted by molar-refractivity contribution is -0.146. The number of ether oxygens (including phenoxy) is 3. The minimum atomic E-state index is -0.508. The van der Waals surface area contributed by atoms with Gasteiger partial charge in [0.15, 0.2) is 0 Å². The molecule has 0 amide bonds. The Bertz CT molecular complexity index is 480. The summed E-state index contributed by atoms with van der Waals surface area (Å²) in [6.07, 6.45) is 3.32. The molecule has 0 rings (SSSR count). The molecule has 154 valence electrons. The van der Waals surface area contributed by atoms with Crippen LogP contribution in [0.25, 0.3) is 0 Å². The van der Waals surface area contributed by atoms with Gasteiger partial charge < -0.3 is 14.2 Å². The van der Waals surface area contributed by atoms with Gasteiger partial charge in [0, 0.05) is 34.2 Å². The Morgan fingerprint density at radius 1 is 0.815 bits per heavy atom. The van der Waals surface area contributed by atoms with Crippen LogP contribution in [0.2, 0.25) is 0 Å². The van der Waals surface area contributed by atoms with Crippen LogP contribution in [0.4, 0.5) is 0 Å². The van der Waals surface area contributed by atoms with E-state index in [1.54, 1.807) is 0 Å². The molecule has 0 bridgehead atoms. The van der Waals surface area contributed by atoms with Gasteiger partial charge in [0.1, 0.15) is 19.8 Å². The zero-order valence-corrected chi connectivity index (χ0v) is 21.0. The fourth-order valence-corrected chi connectivity index (χ4v) is 2.97. The first-order valence-corrected chi connectivity index (χ1v) is 11.7. The first kappa shape index (κ1) is 28.8. The molecular formula is C17H22Br4O6. The lowest BCUT2D eigenvalue weighted by Gasteiger charge is -2.28. The maximum atomic E-state index is 11.0. The van der Waals surface area contributed by atoms with Crippen molar-refractivity contribution in [3.63, 3.8) is 0 Å². The molecule has 0 saturated carbocycles. The van der Waals surface area contributed by atoms with Crippen molar-refractivity contribution < 1.29 is 28.6 Å². The van der Waals surface area contributed by atoms with Crippen LogP contribution in [-0.4, -0.2) is 58.5 Å². The molecule has 0 aromatic carbocycles. The number of esters is 3. The number of carbonyl (C=O) groups excluding carboxylic acids is 3. The SMILES string of the molecule is C=CC(=O)OCC(Br)CBr.C=CC(=O)OCC(CBr)(CBr)COC(=O)C=C. The van der Waals surface area contributed by atoms with E-state index in [4.69, 9.17) is 14.2 Å². The van der Waals surface area contributed by atoms with Gasteiger partial charge in [-0.25, -0.2) is 14.4 Å². The quantitative estimate of drug-likeness (QED) is 0.138. The fraction of sp³-hybridized carbons (Fsp3) is 0.471. The van der Waals surface area contributed by atoms with Crippen molar-refractivity contribution in [1.82, 2.24) is 0 Å². The fourth-order valence-electron chi connectivity index (χ4n) is 1.07. The molecule has 27 heavy (non-hydrogen) atoms. The van der Waals surface area contributed by atoms with Crippen molar-refractivity contribution in [3.8, 4) is 0 Å². The number of halogens is 4. The van der Waals surface area contributed by atoms with Crippen LogP contribution in [0.5, 0.6) is 0 Å². The number of hydrogen-bond acceptors (Lipinski definition) is 6. The highest BCUT2D eigenvalue weighted by Gasteiger charge is 2.31. The second-order valence-electron chi connectivity index (χ2n) is 4.98. The third kappa shape index (κ3) is 15.2. The molecule has 0 spiro atoms. The Morgan fingerprint density at radius 2 is 1.19 bits per heavy atom. The third-order valence-electron chi connectivity index (χ3n) is 2.68. The third-order valence-corrected chi connectivity index (χ3v) is 7.30. The second-order valence-corrected chi connectivity index (χ2v) is 8.04. The molecule has 0 aliphatic heterocycles. The Hall–Kier alpha value is -0.450. The lowest BCUT2D eigenvalue weighted by Crippen LogP contribution is -2.37. The highest BCUT2D eigenvalue weighted by Crippen LogP contribution is 2.24. The maximum absolute atomic E-state index is 11.0. The standard InChI is InChI=1S/C11H14Br2O4.C6H8Br2O2/c1-3-9(14)16-7-11(5-12,6-13)8-17-10(15)4-2;1-2-6(9)10-4-5(8)3-7/h3-4H,1-2,5-8H2;2,5H,1,3-4H2. The van der Waals surface area contributed by atoms with Crippen molar-refractivity contribution in [3.05, 3.63) is 38.0 Å². The van der Waals surface area contributed by atoms with Gasteiger partial charge in [-0.1, -0.05) is 83.5 Å². The van der Waals surface area contributed by atoms with Crippen LogP contribution in [-0.2, 0) is 28.6 Å². The van der Waals surface area contributed by atoms with Gasteiger partial charge in [0.2, 0.25) is 0 Å². The number of alkyl halides is 4. The Kier molecular flexibility index (Phi) is 18.8. The second kappa shape index (κ2) is 17.6. The zero-order valence-electron chi connectivity index (χ0n) is 14.6. The number of carbonyl (C=O) groups is 3. The molecule has 0 N–H and O–H groups in total. The Balaban J connectivity index is 0. The first-order chi connectivity index (χ1) is 12.7. The van der Waals surface area contributed by atoms with Gasteiger partial charge in [0.25, 0.3) is 0 Å². The van der Waals surface area contributed by atoms with Gasteiger partial charge in [-0.2, -0.15) is 0 Å². The van der Waals surface area contributed by atoms with E-state index >= 15 is 0 Å². The van der Waals surface area contributed by atoms with Crippen LogP contribution >= 0.6 is 63.7 Å². The van der Waals surface area contributed by atoms with Crippen LogP contribution in [0.15, 0.2) is 38.0 Å². The predicted octanol–water partition coefficient (Wildman–Crippen LogP) is 4.10. The zero-order chi connectivity index (χ0) is 21.3. The van der Waals surface area contributed by atoms with E-state index in [2.05, 4.69) is 83.5 Å². The Morgan fingerprint density at radius 3 is 1.48 bits per heavy atom. The lowest BCUT2D eigenvalue weighted by atomic mass is 9.96. The summed E-state index contributed by atoms with van der Waals surface area (Å²) < 4.78 is 14.7. The van der Waals surface area contributed by atoms with Crippen LogP contribution in [0, 0.1) is 5.41 Å². The predicted molar refractivity (Wildman–Crippen MR) is 120 cm³/mol. The molecule has 0 saturated heterocycles. The molecule has 6 nitrogen and oxygen atoms in total. The summed E-state index contributed by atoms with van der Waals surface area (Å²) in [6, 6.07) is 0. The molecule has 1 atom stereocenters. The van der Waals surface area contributed by atoms with Crippen molar-refractivity contribution >= 4 is 81.6 Å². The molecule has 0 radical (unpaired) electrons. The van der Waals surface area contributed by atoms with E-state index in [0.29, 0.717) is 17.3 Å². The van der Waals surface area contributed by atoms with Crippen LogP contribution < -0.4 is 0 Å². The van der Waals surface area contributed by atoms with E-state index in [-0.39, 0.29) is 24.0 Å². The van der Waals surface area contributed by atoms with E-state index in [1.807, 2.05) is 0 Å². The summed E-state index contributed by atoms with van der Waals surface area (Å²) in [5.74, 6) is -1.40. The van der Waals surface area contributed by atoms with Gasteiger partial charge in [-0.05, 0) is 0 Å². The minimum Gasteiger partial charge on any atom is -0.462 e. The number of hydrogen-bond donors (Lipinski definition) is 0. The summed E-state index contributed by atoms with van der Waals surface area (Å²) in [5, 5.41) is 1.79. The maximum Gasteiger partial charge on any atom is 0.330 e. The topological polar surface area (TPSA) is 78.9 Å². The van der Waals surface area contributed by atoms with Crippen LogP contribution in [0.1, 0.15) is 0 Å². The van der Waals surface area contributed by atoms with E-state index < -0.39 is 17.4 Å². The van der Waals surface area contributed by atoms with Gasteiger partial charge in [-0.3, -0.25) is 0 Å². The molecule has 1 unspecified atom stereocenters. The molecule has 10 heteroatoms. The summed E-state index contributed by atoms with van der Waals surface area (Å²) in [4.78, 5) is 32.6. The van der Waals surface area contributed by atoms with Gasteiger partial charge in [-0.15, -0.1) is 0 Å². The van der Waals surface area contributed by atoms with Crippen LogP contribution in [0.3, 0.4) is 0 Å². The summed E-state index contributed by atoms with van der Waals surface area (Å²) >= 11 is 13.1. The molecule has 0 aromatic rings. The van der Waals surface area contributed by atoms with E-state index in [1.165, 1.54) is 0 Å². The monoisotopic (exact) mass is 638 g/mol. The van der Waals surface area contributed by atoms with Gasteiger partial charge in [0.05, 0.1) is 10.2 Å². The summed E-state index contributed by atoms with van der Waals surface area (Å²) in [7, 11) is 0.